The number of rotatable bonds is 5. The van der Waals surface area contributed by atoms with E-state index in [-0.39, 0.29) is 0 Å². The van der Waals surface area contributed by atoms with Crippen LogP contribution in [0.5, 0.6) is 0 Å². The molecule has 1 aliphatic rings. The largest absolute Gasteiger partial charge is 0.371 e. The smallest absolute Gasteiger partial charge is 0.0411 e. The number of hydrogen-bond acceptors (Lipinski definition) is 2. The van der Waals surface area contributed by atoms with Gasteiger partial charge in [0.15, 0.2) is 0 Å². The molecule has 1 aliphatic carbocycles. The van der Waals surface area contributed by atoms with Crippen LogP contribution in [0, 0.1) is 12.8 Å². The van der Waals surface area contributed by atoms with E-state index in [4.69, 9.17) is 0 Å². The Bertz CT molecular complexity index is 419. The molecule has 0 spiro atoms. The van der Waals surface area contributed by atoms with E-state index >= 15 is 0 Å². The molecule has 1 saturated carbocycles. The standard InChI is InChI=1S/C18H30N2/c1-5-15-7-9-17(10-8-15)20(4)18-11-6-14(2)12-16(18)13-19-3/h6,11-12,15,17,19H,5,7-10,13H2,1-4H3. The fourth-order valence-corrected chi connectivity index (χ4v) is 3.53. The van der Waals surface area contributed by atoms with Crippen LogP contribution >= 0.6 is 0 Å². The van der Waals surface area contributed by atoms with Crippen molar-refractivity contribution in [1.29, 1.82) is 0 Å². The van der Waals surface area contributed by atoms with Gasteiger partial charge in [0, 0.05) is 25.3 Å². The Hall–Kier alpha value is -1.02. The lowest BCUT2D eigenvalue weighted by Crippen LogP contribution is -2.36. The van der Waals surface area contributed by atoms with E-state index in [9.17, 15) is 0 Å². The maximum absolute atomic E-state index is 3.30. The second-order valence-corrected chi connectivity index (χ2v) is 6.36. The molecule has 0 aliphatic heterocycles. The molecule has 2 rings (SSSR count). The van der Waals surface area contributed by atoms with Gasteiger partial charge in [-0.2, -0.15) is 0 Å². The summed E-state index contributed by atoms with van der Waals surface area (Å²) >= 11 is 0. The van der Waals surface area contributed by atoms with E-state index in [0.29, 0.717) is 0 Å². The average molecular weight is 274 g/mol. The highest BCUT2D eigenvalue weighted by molar-refractivity contribution is 5.55. The van der Waals surface area contributed by atoms with Crippen molar-refractivity contribution in [2.75, 3.05) is 19.0 Å². The molecule has 1 N–H and O–H groups in total. The van der Waals surface area contributed by atoms with Gasteiger partial charge in [-0.25, -0.2) is 0 Å². The number of hydrogen-bond donors (Lipinski definition) is 1. The number of anilines is 1. The number of benzene rings is 1. The molecule has 1 aromatic carbocycles. The van der Waals surface area contributed by atoms with Crippen LogP contribution in [0.2, 0.25) is 0 Å². The van der Waals surface area contributed by atoms with E-state index in [1.165, 1.54) is 48.9 Å². The highest BCUT2D eigenvalue weighted by atomic mass is 15.1. The van der Waals surface area contributed by atoms with E-state index in [2.05, 4.69) is 49.3 Å². The van der Waals surface area contributed by atoms with Crippen LogP contribution in [0.25, 0.3) is 0 Å². The molecule has 0 radical (unpaired) electrons. The molecular formula is C18H30N2. The zero-order chi connectivity index (χ0) is 14.5. The minimum atomic E-state index is 0.719. The predicted octanol–water partition coefficient (Wildman–Crippen LogP) is 4.12. The maximum Gasteiger partial charge on any atom is 0.0411 e. The van der Waals surface area contributed by atoms with Crippen LogP contribution in [0.4, 0.5) is 5.69 Å². The number of nitrogens with zero attached hydrogens (tertiary/aromatic N) is 1. The van der Waals surface area contributed by atoms with Gasteiger partial charge in [0.05, 0.1) is 0 Å². The van der Waals surface area contributed by atoms with E-state index in [1.54, 1.807) is 0 Å². The predicted molar refractivity (Wildman–Crippen MR) is 88.4 cm³/mol. The monoisotopic (exact) mass is 274 g/mol. The van der Waals surface area contributed by atoms with E-state index < -0.39 is 0 Å². The summed E-state index contributed by atoms with van der Waals surface area (Å²) in [6, 6.07) is 7.58. The maximum atomic E-state index is 3.30. The van der Waals surface area contributed by atoms with Crippen LogP contribution in [0.15, 0.2) is 18.2 Å². The van der Waals surface area contributed by atoms with Crippen molar-refractivity contribution in [1.82, 2.24) is 5.32 Å². The van der Waals surface area contributed by atoms with Crippen molar-refractivity contribution in [3.8, 4) is 0 Å². The molecule has 2 heteroatoms. The number of nitrogens with one attached hydrogen (secondary N) is 1. The first kappa shape index (κ1) is 15.4. The van der Waals surface area contributed by atoms with Gasteiger partial charge in [-0.05, 0) is 57.2 Å². The van der Waals surface area contributed by atoms with Crippen molar-refractivity contribution < 1.29 is 0 Å². The summed E-state index contributed by atoms with van der Waals surface area (Å²) in [4.78, 5) is 2.53. The lowest BCUT2D eigenvalue weighted by molar-refractivity contribution is 0.313. The minimum Gasteiger partial charge on any atom is -0.371 e. The molecule has 112 valence electrons. The van der Waals surface area contributed by atoms with E-state index in [0.717, 1.165) is 18.5 Å². The molecule has 2 nitrogen and oxygen atoms in total. The van der Waals surface area contributed by atoms with Gasteiger partial charge >= 0.3 is 0 Å². The van der Waals surface area contributed by atoms with Gasteiger partial charge in [-0.3, -0.25) is 0 Å². The van der Waals surface area contributed by atoms with Crippen LogP contribution in [-0.4, -0.2) is 20.1 Å². The normalized spacial score (nSPS) is 22.8. The molecule has 0 bridgehead atoms. The fourth-order valence-electron chi connectivity index (χ4n) is 3.53. The second-order valence-electron chi connectivity index (χ2n) is 6.36. The molecule has 0 amide bonds. The first-order valence-electron chi connectivity index (χ1n) is 8.12. The van der Waals surface area contributed by atoms with Gasteiger partial charge in [0.1, 0.15) is 0 Å². The lowest BCUT2D eigenvalue weighted by Gasteiger charge is -2.37. The molecule has 0 heterocycles. The molecule has 1 fully saturated rings. The van der Waals surface area contributed by atoms with Gasteiger partial charge in [0.25, 0.3) is 0 Å². The van der Waals surface area contributed by atoms with Crippen LogP contribution in [-0.2, 0) is 6.54 Å². The van der Waals surface area contributed by atoms with Crippen molar-refractivity contribution in [2.24, 2.45) is 5.92 Å². The first-order valence-corrected chi connectivity index (χ1v) is 8.12. The Morgan fingerprint density at radius 3 is 2.50 bits per heavy atom. The van der Waals surface area contributed by atoms with Gasteiger partial charge in [-0.15, -0.1) is 0 Å². The topological polar surface area (TPSA) is 15.3 Å². The summed E-state index contributed by atoms with van der Waals surface area (Å²) in [5, 5.41) is 3.30. The number of aryl methyl sites for hydroxylation is 1. The zero-order valence-electron chi connectivity index (χ0n) is 13.6. The quantitative estimate of drug-likeness (QED) is 0.869. The van der Waals surface area contributed by atoms with Crippen LogP contribution in [0.1, 0.15) is 50.2 Å². The molecule has 0 unspecified atom stereocenters. The average Bonchev–Trinajstić information content (AvgIpc) is 2.47. The highest BCUT2D eigenvalue weighted by Crippen LogP contribution is 2.32. The van der Waals surface area contributed by atoms with Gasteiger partial charge < -0.3 is 10.2 Å². The Morgan fingerprint density at radius 2 is 1.90 bits per heavy atom. The first-order chi connectivity index (χ1) is 9.65. The molecular weight excluding hydrogens is 244 g/mol. The Balaban J connectivity index is 2.10. The molecule has 0 aromatic heterocycles. The third-order valence-corrected chi connectivity index (χ3v) is 4.92. The highest BCUT2D eigenvalue weighted by Gasteiger charge is 2.24. The van der Waals surface area contributed by atoms with Crippen LogP contribution < -0.4 is 10.2 Å². The Kier molecular flexibility index (Phi) is 5.47. The van der Waals surface area contributed by atoms with E-state index in [1.807, 2.05) is 7.05 Å². The van der Waals surface area contributed by atoms with Crippen molar-refractivity contribution in [3.05, 3.63) is 29.3 Å². The molecule has 20 heavy (non-hydrogen) atoms. The fraction of sp³-hybridized carbons (Fsp3) is 0.667. The van der Waals surface area contributed by atoms with Crippen molar-refractivity contribution in [3.63, 3.8) is 0 Å². The summed E-state index contributed by atoms with van der Waals surface area (Å²) in [7, 11) is 4.30. The SMILES string of the molecule is CCC1CCC(N(C)c2ccc(C)cc2CNC)CC1. The molecule has 1 aromatic rings. The zero-order valence-corrected chi connectivity index (χ0v) is 13.6. The minimum absolute atomic E-state index is 0.719. The molecule has 0 atom stereocenters. The van der Waals surface area contributed by atoms with Gasteiger partial charge in [-0.1, -0.05) is 31.0 Å². The lowest BCUT2D eigenvalue weighted by atomic mass is 9.84. The van der Waals surface area contributed by atoms with Crippen LogP contribution in [0.3, 0.4) is 0 Å². The third kappa shape index (κ3) is 3.54. The third-order valence-electron chi connectivity index (χ3n) is 4.92. The van der Waals surface area contributed by atoms with Gasteiger partial charge in [0.2, 0.25) is 0 Å². The second kappa shape index (κ2) is 7.12. The Morgan fingerprint density at radius 1 is 1.20 bits per heavy atom. The van der Waals surface area contributed by atoms with Crippen molar-refractivity contribution in [2.45, 2.75) is 58.5 Å². The summed E-state index contributed by atoms with van der Waals surface area (Å²) < 4.78 is 0. The summed E-state index contributed by atoms with van der Waals surface area (Å²) in [6.07, 6.45) is 6.85. The van der Waals surface area contributed by atoms with Crippen molar-refractivity contribution >= 4 is 5.69 Å². The Labute approximate surface area is 124 Å². The summed E-state index contributed by atoms with van der Waals surface area (Å²) in [6.45, 7) is 5.46. The molecule has 0 saturated heterocycles. The summed E-state index contributed by atoms with van der Waals surface area (Å²) in [5.41, 5.74) is 4.18. The summed E-state index contributed by atoms with van der Waals surface area (Å²) in [5.74, 6) is 0.967.